The zero-order valence-corrected chi connectivity index (χ0v) is 10.7. The summed E-state index contributed by atoms with van der Waals surface area (Å²) in [6, 6.07) is 1.20. The Bertz CT molecular complexity index is 112. The second-order valence-electron chi connectivity index (χ2n) is 3.15. The van der Waals surface area contributed by atoms with Gasteiger partial charge in [0.15, 0.2) is 0 Å². The van der Waals surface area contributed by atoms with Gasteiger partial charge in [-0.15, -0.1) is 0 Å². The molecule has 0 radical (unpaired) electrons. The van der Waals surface area contributed by atoms with E-state index in [9.17, 15) is 0 Å². The molecule has 0 saturated carbocycles. The third-order valence-electron chi connectivity index (χ3n) is 2.00. The van der Waals surface area contributed by atoms with E-state index >= 15 is 0 Å². The summed E-state index contributed by atoms with van der Waals surface area (Å²) in [7, 11) is 3.12. The smallest absolute Gasteiger partial charge is 0.134 e. The summed E-state index contributed by atoms with van der Waals surface area (Å²) < 4.78 is 15.6. The van der Waals surface area contributed by atoms with Gasteiger partial charge >= 0.3 is 0 Å². The van der Waals surface area contributed by atoms with Gasteiger partial charge in [-0.05, 0) is 19.4 Å². The Morgan fingerprint density at radius 1 is 1.14 bits per heavy atom. The monoisotopic (exact) mass is 221 g/mol. The van der Waals surface area contributed by atoms with E-state index in [0.29, 0.717) is 6.54 Å². The van der Waals surface area contributed by atoms with Crippen LogP contribution >= 0.6 is 0 Å². The minimum atomic E-state index is -0.263. The number of methoxy groups -OCH3 is 2. The van der Waals surface area contributed by atoms with Crippen LogP contribution in [0.15, 0.2) is 0 Å². The molecule has 0 bridgehead atoms. The van der Waals surface area contributed by atoms with Crippen molar-refractivity contribution < 1.29 is 14.2 Å². The van der Waals surface area contributed by atoms with Crippen molar-refractivity contribution in [3.8, 4) is 0 Å². The second-order valence-corrected chi connectivity index (χ2v) is 5.10. The molecule has 2 N–H and O–H groups in total. The lowest BCUT2D eigenvalue weighted by atomic mass is 10.4. The van der Waals surface area contributed by atoms with Crippen molar-refractivity contribution >= 4 is 9.52 Å². The molecular weight excluding hydrogens is 198 g/mol. The van der Waals surface area contributed by atoms with Gasteiger partial charge in [-0.25, -0.2) is 0 Å². The van der Waals surface area contributed by atoms with Crippen molar-refractivity contribution in [1.82, 2.24) is 0 Å². The van der Waals surface area contributed by atoms with Crippen molar-refractivity contribution in [1.29, 1.82) is 0 Å². The van der Waals surface area contributed by atoms with E-state index < -0.39 is 0 Å². The summed E-state index contributed by atoms with van der Waals surface area (Å²) >= 11 is 0. The molecule has 0 saturated heterocycles. The van der Waals surface area contributed by atoms with Crippen LogP contribution in [0.5, 0.6) is 0 Å². The van der Waals surface area contributed by atoms with Crippen LogP contribution in [0.1, 0.15) is 12.8 Å². The second kappa shape index (κ2) is 11.1. The highest BCUT2D eigenvalue weighted by Gasteiger charge is 2.04. The van der Waals surface area contributed by atoms with Gasteiger partial charge < -0.3 is 19.9 Å². The number of nitrogens with two attached hydrogens (primary N) is 1. The van der Waals surface area contributed by atoms with Gasteiger partial charge in [0, 0.05) is 27.4 Å². The van der Waals surface area contributed by atoms with Crippen molar-refractivity contribution in [3.63, 3.8) is 0 Å². The van der Waals surface area contributed by atoms with E-state index in [1.54, 1.807) is 14.2 Å². The normalized spacial score (nSPS) is 12.0. The molecule has 0 rings (SSSR count). The van der Waals surface area contributed by atoms with E-state index in [-0.39, 0.29) is 15.4 Å². The van der Waals surface area contributed by atoms with E-state index in [1.807, 2.05) is 0 Å². The number of hydrogen-bond acceptors (Lipinski definition) is 4. The maximum Gasteiger partial charge on any atom is 0.134 e. The molecule has 0 aromatic carbocycles. The minimum Gasteiger partial charge on any atom is -0.381 e. The average Bonchev–Trinajstić information content (AvgIpc) is 2.22. The van der Waals surface area contributed by atoms with Crippen molar-refractivity contribution in [2.75, 3.05) is 34.0 Å². The fourth-order valence-corrected chi connectivity index (χ4v) is 2.43. The first-order chi connectivity index (χ1) is 6.85. The first kappa shape index (κ1) is 14.1. The van der Waals surface area contributed by atoms with Gasteiger partial charge in [0.1, 0.15) is 5.91 Å². The molecule has 0 atom stereocenters. The predicted molar refractivity (Wildman–Crippen MR) is 60.3 cm³/mol. The number of ether oxygens (including phenoxy) is 3. The maximum absolute atomic E-state index is 5.38. The standard InChI is InChI=1S/C9H23NO3Si/c1-11-9(12-2)14-8-4-7-13-6-3-5-10/h9H,3-8,10,14H2,1-2H3. The first-order valence-electron chi connectivity index (χ1n) is 5.18. The van der Waals surface area contributed by atoms with Gasteiger partial charge in [0.25, 0.3) is 0 Å². The number of rotatable bonds is 10. The SMILES string of the molecule is COC(OC)[SiH2]CCCOCCCN. The van der Waals surface area contributed by atoms with Crippen LogP contribution in [-0.4, -0.2) is 49.4 Å². The first-order valence-corrected chi connectivity index (χ1v) is 7.00. The quantitative estimate of drug-likeness (QED) is 0.318. The predicted octanol–water partition coefficient (Wildman–Crippen LogP) is -0.0946. The van der Waals surface area contributed by atoms with Crippen LogP contribution in [0, 0.1) is 0 Å². The van der Waals surface area contributed by atoms with Gasteiger partial charge in [-0.2, -0.15) is 0 Å². The highest BCUT2D eigenvalue weighted by Crippen LogP contribution is 1.97. The highest BCUT2D eigenvalue weighted by molar-refractivity contribution is 6.36. The molecule has 0 heterocycles. The molecule has 0 unspecified atom stereocenters. The third kappa shape index (κ3) is 8.65. The minimum absolute atomic E-state index is 0.0686. The largest absolute Gasteiger partial charge is 0.381 e. The zero-order chi connectivity index (χ0) is 10.6. The van der Waals surface area contributed by atoms with E-state index in [0.717, 1.165) is 26.1 Å². The number of hydrogen-bond donors (Lipinski definition) is 1. The lowest BCUT2D eigenvalue weighted by Gasteiger charge is -2.12. The molecule has 86 valence electrons. The fraction of sp³-hybridized carbons (Fsp3) is 1.00. The summed E-state index contributed by atoms with van der Waals surface area (Å²) in [6.07, 6.45) is 2.07. The average molecular weight is 221 g/mol. The highest BCUT2D eigenvalue weighted by atomic mass is 28.2. The molecule has 14 heavy (non-hydrogen) atoms. The van der Waals surface area contributed by atoms with Crippen molar-refractivity contribution in [2.24, 2.45) is 5.73 Å². The molecular formula is C9H23NO3Si. The molecule has 5 heteroatoms. The van der Waals surface area contributed by atoms with Crippen molar-refractivity contribution in [3.05, 3.63) is 0 Å². The van der Waals surface area contributed by atoms with E-state index in [4.69, 9.17) is 19.9 Å². The fourth-order valence-electron chi connectivity index (χ4n) is 1.13. The van der Waals surface area contributed by atoms with Gasteiger partial charge in [0.05, 0.1) is 9.52 Å². The van der Waals surface area contributed by atoms with Crippen LogP contribution in [0.25, 0.3) is 0 Å². The third-order valence-corrected chi connectivity index (χ3v) is 4.04. The van der Waals surface area contributed by atoms with Crippen molar-refractivity contribution in [2.45, 2.75) is 24.8 Å². The summed E-state index contributed by atoms with van der Waals surface area (Å²) in [5.41, 5.74) is 5.34. The van der Waals surface area contributed by atoms with Crippen LogP contribution in [-0.2, 0) is 14.2 Å². The van der Waals surface area contributed by atoms with E-state index in [1.165, 1.54) is 6.04 Å². The lowest BCUT2D eigenvalue weighted by Crippen LogP contribution is -2.21. The molecule has 4 nitrogen and oxygen atoms in total. The van der Waals surface area contributed by atoms with E-state index in [2.05, 4.69) is 0 Å². The zero-order valence-electron chi connectivity index (χ0n) is 9.33. The molecule has 0 spiro atoms. The topological polar surface area (TPSA) is 53.7 Å². The Morgan fingerprint density at radius 3 is 2.36 bits per heavy atom. The Hall–Kier alpha value is 0.0569. The molecule has 0 aromatic rings. The van der Waals surface area contributed by atoms with Crippen LogP contribution < -0.4 is 5.73 Å². The van der Waals surface area contributed by atoms with Crippen LogP contribution in [0.2, 0.25) is 6.04 Å². The molecule has 0 aliphatic carbocycles. The van der Waals surface area contributed by atoms with Crippen LogP contribution in [0.4, 0.5) is 0 Å². The maximum atomic E-state index is 5.38. The Labute approximate surface area is 88.9 Å². The molecule has 0 aliphatic heterocycles. The van der Waals surface area contributed by atoms with Gasteiger partial charge in [-0.1, -0.05) is 6.04 Å². The molecule has 0 fully saturated rings. The summed E-state index contributed by atoms with van der Waals surface area (Å²) in [4.78, 5) is 0. The lowest BCUT2D eigenvalue weighted by molar-refractivity contribution is -0.0442. The molecule has 0 aliphatic rings. The Morgan fingerprint density at radius 2 is 1.79 bits per heavy atom. The molecule has 0 aromatic heterocycles. The summed E-state index contributed by atoms with van der Waals surface area (Å²) in [5.74, 6) is 0.0686. The Balaban J connectivity index is 3.04. The van der Waals surface area contributed by atoms with Gasteiger partial charge in [-0.3, -0.25) is 0 Å². The molecule has 0 amide bonds. The van der Waals surface area contributed by atoms with Gasteiger partial charge in [0.2, 0.25) is 0 Å². The summed E-state index contributed by atoms with van der Waals surface area (Å²) in [5, 5.41) is 0. The summed E-state index contributed by atoms with van der Waals surface area (Å²) in [6.45, 7) is 2.34. The Kier molecular flexibility index (Phi) is 11.2. The van der Waals surface area contributed by atoms with Crippen LogP contribution in [0.3, 0.4) is 0 Å².